The number of nitrogens with zero attached hydrogens (tertiary/aromatic N) is 1. The van der Waals surface area contributed by atoms with Crippen LogP contribution in [0.3, 0.4) is 0 Å². The molecule has 4 heteroatoms. The molecule has 1 nitrogen and oxygen atoms in total. The Morgan fingerprint density at radius 1 is 0.760 bits per heavy atom. The van der Waals surface area contributed by atoms with Crippen molar-refractivity contribution < 1.29 is 8.78 Å². The first-order valence-corrected chi connectivity index (χ1v) is 8.21. The summed E-state index contributed by atoms with van der Waals surface area (Å²) in [5, 5.41) is 10.3. The highest BCUT2D eigenvalue weighted by molar-refractivity contribution is 8.03. The molecule has 0 heterocycles. The van der Waals surface area contributed by atoms with Gasteiger partial charge in [0.15, 0.2) is 0 Å². The maximum absolute atomic E-state index is 14.0. The van der Waals surface area contributed by atoms with Gasteiger partial charge in [-0.3, -0.25) is 0 Å². The van der Waals surface area contributed by atoms with Crippen LogP contribution in [0.1, 0.15) is 11.1 Å². The molecule has 0 bridgehead atoms. The van der Waals surface area contributed by atoms with Gasteiger partial charge in [-0.05, 0) is 47.2 Å². The third-order valence-electron chi connectivity index (χ3n) is 3.50. The quantitative estimate of drug-likeness (QED) is 0.342. The first-order chi connectivity index (χ1) is 12.2. The van der Waals surface area contributed by atoms with Gasteiger partial charge in [-0.2, -0.15) is 5.26 Å². The number of thiocyanates is 1. The fraction of sp³-hybridized carbons (Fsp3) is 0. The summed E-state index contributed by atoms with van der Waals surface area (Å²) < 4.78 is 27.9. The van der Waals surface area contributed by atoms with Gasteiger partial charge in [-0.25, -0.2) is 8.78 Å². The number of halogens is 2. The van der Waals surface area contributed by atoms with Crippen molar-refractivity contribution in [1.82, 2.24) is 0 Å². The van der Waals surface area contributed by atoms with Gasteiger partial charge >= 0.3 is 0 Å². The van der Waals surface area contributed by atoms with Crippen LogP contribution < -0.4 is 0 Å². The van der Waals surface area contributed by atoms with Gasteiger partial charge < -0.3 is 0 Å². The minimum absolute atomic E-state index is 0.218. The molecule has 0 atom stereocenters. The molecule has 3 aromatic rings. The Bertz CT molecular complexity index is 971. The van der Waals surface area contributed by atoms with Crippen molar-refractivity contribution in [2.45, 2.75) is 4.90 Å². The third kappa shape index (κ3) is 4.07. The zero-order valence-corrected chi connectivity index (χ0v) is 13.8. The Balaban J connectivity index is 1.86. The predicted molar refractivity (Wildman–Crippen MR) is 95.7 cm³/mol. The van der Waals surface area contributed by atoms with Gasteiger partial charge in [-0.1, -0.05) is 54.3 Å². The summed E-state index contributed by atoms with van der Waals surface area (Å²) in [6.07, 6.45) is 0. The highest BCUT2D eigenvalue weighted by Crippen LogP contribution is 2.23. The second-order valence-electron chi connectivity index (χ2n) is 5.15. The van der Waals surface area contributed by atoms with Crippen LogP contribution in [-0.4, -0.2) is 0 Å². The van der Waals surface area contributed by atoms with Crippen LogP contribution in [0.2, 0.25) is 0 Å². The SMILES string of the molecule is N#CSc1cc(F)c(C#Cc2ccc(-c3ccccc3)cc2)c(F)c1. The molecule has 0 aromatic heterocycles. The molecular formula is C21H11F2NS. The lowest BCUT2D eigenvalue weighted by Gasteiger charge is -2.01. The van der Waals surface area contributed by atoms with E-state index in [9.17, 15) is 8.78 Å². The van der Waals surface area contributed by atoms with Crippen molar-refractivity contribution in [3.8, 4) is 28.4 Å². The molecule has 0 unspecified atom stereocenters. The average molecular weight is 347 g/mol. The smallest absolute Gasteiger partial charge is 0.142 e. The van der Waals surface area contributed by atoms with Gasteiger partial charge in [0.25, 0.3) is 0 Å². The van der Waals surface area contributed by atoms with E-state index in [1.807, 2.05) is 54.6 Å². The van der Waals surface area contributed by atoms with Crippen molar-refractivity contribution in [2.75, 3.05) is 0 Å². The second kappa shape index (κ2) is 7.66. The van der Waals surface area contributed by atoms with Gasteiger partial charge in [0.05, 0.1) is 5.56 Å². The molecule has 25 heavy (non-hydrogen) atoms. The van der Waals surface area contributed by atoms with Crippen LogP contribution in [-0.2, 0) is 0 Å². The summed E-state index contributed by atoms with van der Waals surface area (Å²) in [6.45, 7) is 0. The highest BCUT2D eigenvalue weighted by Gasteiger charge is 2.09. The van der Waals surface area contributed by atoms with Crippen LogP contribution in [0, 0.1) is 34.1 Å². The maximum Gasteiger partial charge on any atom is 0.142 e. The average Bonchev–Trinajstić information content (AvgIpc) is 2.62. The minimum atomic E-state index is -0.772. The standard InChI is InChI=1S/C21H11F2NS/c22-20-12-18(25-14-24)13-21(23)19(20)11-8-15-6-9-17(10-7-15)16-4-2-1-3-5-16/h1-7,9-10,12-13H. The molecule has 0 radical (unpaired) electrons. The topological polar surface area (TPSA) is 23.8 Å². The van der Waals surface area contributed by atoms with Crippen molar-refractivity contribution >= 4 is 11.8 Å². The minimum Gasteiger partial charge on any atom is -0.205 e. The molecule has 3 rings (SSSR count). The lowest BCUT2D eigenvalue weighted by molar-refractivity contribution is 0.572. The molecule has 0 spiro atoms. The van der Waals surface area contributed by atoms with Crippen molar-refractivity contribution in [3.63, 3.8) is 0 Å². The fourth-order valence-corrected chi connectivity index (χ4v) is 2.72. The van der Waals surface area contributed by atoms with Gasteiger partial charge in [-0.15, -0.1) is 0 Å². The lowest BCUT2D eigenvalue weighted by Crippen LogP contribution is -1.91. The van der Waals surface area contributed by atoms with Crippen molar-refractivity contribution in [3.05, 3.63) is 89.5 Å². The number of rotatable bonds is 2. The third-order valence-corrected chi connectivity index (χ3v) is 4.07. The van der Waals surface area contributed by atoms with Crippen LogP contribution in [0.25, 0.3) is 11.1 Å². The van der Waals surface area contributed by atoms with E-state index in [4.69, 9.17) is 5.26 Å². The van der Waals surface area contributed by atoms with E-state index in [0.29, 0.717) is 17.3 Å². The van der Waals surface area contributed by atoms with Crippen LogP contribution >= 0.6 is 11.8 Å². The van der Waals surface area contributed by atoms with Crippen LogP contribution in [0.5, 0.6) is 0 Å². The van der Waals surface area contributed by atoms with Crippen molar-refractivity contribution in [2.24, 2.45) is 0 Å². The maximum atomic E-state index is 14.0. The van der Waals surface area contributed by atoms with Gasteiger partial charge in [0.2, 0.25) is 0 Å². The lowest BCUT2D eigenvalue weighted by atomic mass is 10.0. The Kier molecular flexibility index (Phi) is 5.14. The summed E-state index contributed by atoms with van der Waals surface area (Å²) in [7, 11) is 0. The van der Waals surface area contributed by atoms with E-state index >= 15 is 0 Å². The fourth-order valence-electron chi connectivity index (χ4n) is 2.29. The van der Waals surface area contributed by atoms with Crippen LogP contribution in [0.4, 0.5) is 8.78 Å². The van der Waals surface area contributed by atoms with E-state index in [2.05, 4.69) is 11.8 Å². The summed E-state index contributed by atoms with van der Waals surface area (Å²) >= 11 is 0.704. The first-order valence-electron chi connectivity index (χ1n) is 7.40. The predicted octanol–water partition coefficient (Wildman–Crippen LogP) is 5.60. The molecule has 120 valence electrons. The number of hydrogen-bond acceptors (Lipinski definition) is 2. The molecule has 0 saturated carbocycles. The molecule has 0 aliphatic heterocycles. The molecule has 3 aromatic carbocycles. The largest absolute Gasteiger partial charge is 0.205 e. The Morgan fingerprint density at radius 3 is 1.96 bits per heavy atom. The summed E-state index contributed by atoms with van der Waals surface area (Å²) in [5.41, 5.74) is 2.49. The van der Waals surface area contributed by atoms with E-state index in [0.717, 1.165) is 23.3 Å². The summed E-state index contributed by atoms with van der Waals surface area (Å²) in [6, 6.07) is 19.6. The highest BCUT2D eigenvalue weighted by atomic mass is 32.2. The Labute approximate surface area is 148 Å². The van der Waals surface area contributed by atoms with Crippen molar-refractivity contribution in [1.29, 1.82) is 5.26 Å². The number of thioether (sulfide) groups is 1. The zero-order valence-electron chi connectivity index (χ0n) is 13.0. The molecule has 0 saturated heterocycles. The molecule has 0 fully saturated rings. The summed E-state index contributed by atoms with van der Waals surface area (Å²) in [5.74, 6) is 3.76. The first kappa shape index (κ1) is 16.8. The molecule has 0 aliphatic carbocycles. The molecular weight excluding hydrogens is 336 g/mol. The van der Waals surface area contributed by atoms with Gasteiger partial charge in [0.1, 0.15) is 17.0 Å². The van der Waals surface area contributed by atoms with E-state index < -0.39 is 11.6 Å². The molecule has 0 aliphatic rings. The van der Waals surface area contributed by atoms with E-state index in [1.165, 1.54) is 0 Å². The number of nitriles is 1. The normalized spacial score (nSPS) is 9.80. The monoisotopic (exact) mass is 347 g/mol. The Morgan fingerprint density at radius 2 is 1.36 bits per heavy atom. The van der Waals surface area contributed by atoms with Gasteiger partial charge in [0, 0.05) is 10.5 Å². The second-order valence-corrected chi connectivity index (χ2v) is 6.01. The van der Waals surface area contributed by atoms with Crippen LogP contribution in [0.15, 0.2) is 71.6 Å². The van der Waals surface area contributed by atoms with E-state index in [-0.39, 0.29) is 10.5 Å². The zero-order chi connectivity index (χ0) is 17.6. The molecule has 0 N–H and O–H groups in total. The summed E-state index contributed by atoms with van der Waals surface area (Å²) in [4.78, 5) is 0.218. The number of hydrogen-bond donors (Lipinski definition) is 0. The van der Waals surface area contributed by atoms with E-state index in [1.54, 1.807) is 5.40 Å². The molecule has 0 amide bonds. The Hall–Kier alpha value is -3.08. The number of benzene rings is 3.